The van der Waals surface area contributed by atoms with Gasteiger partial charge in [0.2, 0.25) is 11.8 Å². The molecular weight excluding hydrogens is 240 g/mol. The van der Waals surface area contributed by atoms with Crippen molar-refractivity contribution in [3.05, 3.63) is 0 Å². The van der Waals surface area contributed by atoms with E-state index in [2.05, 4.69) is 13.8 Å². The molecule has 0 radical (unpaired) electrons. The monoisotopic (exact) mass is 264 g/mol. The highest BCUT2D eigenvalue weighted by Crippen LogP contribution is 2.40. The molecule has 3 fully saturated rings. The largest absolute Gasteiger partial charge is 0.337 e. The minimum absolute atomic E-state index is 0.154. The van der Waals surface area contributed by atoms with Crippen LogP contribution in [0, 0.1) is 5.41 Å². The van der Waals surface area contributed by atoms with Crippen molar-refractivity contribution in [1.82, 2.24) is 9.80 Å². The van der Waals surface area contributed by atoms with Crippen LogP contribution in [-0.2, 0) is 9.59 Å². The van der Waals surface area contributed by atoms with Crippen LogP contribution in [0.1, 0.15) is 52.4 Å². The molecule has 2 heterocycles. The van der Waals surface area contributed by atoms with Gasteiger partial charge in [0.25, 0.3) is 0 Å². The number of carbonyl (C=O) groups is 2. The zero-order chi connectivity index (χ0) is 13.6. The Hall–Kier alpha value is -1.06. The summed E-state index contributed by atoms with van der Waals surface area (Å²) < 4.78 is 0. The van der Waals surface area contributed by atoms with Gasteiger partial charge in [-0.2, -0.15) is 0 Å². The van der Waals surface area contributed by atoms with Crippen molar-refractivity contribution >= 4 is 11.8 Å². The highest BCUT2D eigenvalue weighted by Gasteiger charge is 2.43. The average Bonchev–Trinajstić information content (AvgIpc) is 2.93. The molecule has 0 aromatic carbocycles. The topological polar surface area (TPSA) is 40.6 Å². The average molecular weight is 264 g/mol. The molecule has 3 aliphatic rings. The zero-order valence-electron chi connectivity index (χ0n) is 12.0. The molecule has 2 aliphatic heterocycles. The third kappa shape index (κ3) is 2.26. The second-order valence-electron chi connectivity index (χ2n) is 7.09. The first kappa shape index (κ1) is 12.9. The SMILES string of the molecule is CC1(C)CCC(N2CCC(=O)N3CCCC3C2=O)C1. The molecule has 2 unspecified atom stereocenters. The van der Waals surface area contributed by atoms with Crippen LogP contribution < -0.4 is 0 Å². The summed E-state index contributed by atoms with van der Waals surface area (Å²) in [6, 6.07) is 0.203. The number of hydrogen-bond donors (Lipinski definition) is 0. The summed E-state index contributed by atoms with van der Waals surface area (Å²) in [4.78, 5) is 28.6. The zero-order valence-corrected chi connectivity index (χ0v) is 12.0. The summed E-state index contributed by atoms with van der Waals surface area (Å²) in [6.07, 6.45) is 5.71. The van der Waals surface area contributed by atoms with Crippen molar-refractivity contribution in [3.63, 3.8) is 0 Å². The van der Waals surface area contributed by atoms with E-state index < -0.39 is 0 Å². The Morgan fingerprint density at radius 2 is 1.89 bits per heavy atom. The second kappa shape index (κ2) is 4.50. The molecule has 0 aromatic rings. The molecule has 4 heteroatoms. The number of fused-ring (bicyclic) bond motifs is 1. The molecule has 3 rings (SSSR count). The fourth-order valence-electron chi connectivity index (χ4n) is 4.01. The summed E-state index contributed by atoms with van der Waals surface area (Å²) in [5, 5.41) is 0. The van der Waals surface area contributed by atoms with Crippen LogP contribution in [0.15, 0.2) is 0 Å². The second-order valence-corrected chi connectivity index (χ2v) is 7.09. The van der Waals surface area contributed by atoms with Gasteiger partial charge >= 0.3 is 0 Å². The van der Waals surface area contributed by atoms with Crippen LogP contribution in [0.25, 0.3) is 0 Å². The Kier molecular flexibility index (Phi) is 3.06. The van der Waals surface area contributed by atoms with Crippen LogP contribution in [0.5, 0.6) is 0 Å². The predicted octanol–water partition coefficient (Wildman–Crippen LogP) is 1.79. The third-order valence-corrected chi connectivity index (χ3v) is 5.09. The van der Waals surface area contributed by atoms with Crippen molar-refractivity contribution in [2.45, 2.75) is 64.5 Å². The van der Waals surface area contributed by atoms with Gasteiger partial charge in [-0.05, 0) is 37.5 Å². The van der Waals surface area contributed by atoms with E-state index in [0.29, 0.717) is 24.4 Å². The highest BCUT2D eigenvalue weighted by molar-refractivity contribution is 5.90. The lowest BCUT2D eigenvalue weighted by Crippen LogP contribution is -2.47. The number of nitrogens with zero attached hydrogens (tertiary/aromatic N) is 2. The normalized spacial score (nSPS) is 34.6. The van der Waals surface area contributed by atoms with E-state index in [9.17, 15) is 9.59 Å². The van der Waals surface area contributed by atoms with Gasteiger partial charge in [0.1, 0.15) is 6.04 Å². The van der Waals surface area contributed by atoms with E-state index in [-0.39, 0.29) is 17.9 Å². The molecule has 0 spiro atoms. The van der Waals surface area contributed by atoms with Gasteiger partial charge in [-0.1, -0.05) is 13.8 Å². The van der Waals surface area contributed by atoms with Crippen LogP contribution in [-0.4, -0.2) is 46.8 Å². The fraction of sp³-hybridized carbons (Fsp3) is 0.867. The van der Waals surface area contributed by atoms with Crippen molar-refractivity contribution in [1.29, 1.82) is 0 Å². The first-order valence-electron chi connectivity index (χ1n) is 7.58. The maximum atomic E-state index is 12.7. The molecule has 2 amide bonds. The van der Waals surface area contributed by atoms with Crippen LogP contribution in [0.3, 0.4) is 0 Å². The van der Waals surface area contributed by atoms with E-state index in [1.165, 1.54) is 6.42 Å². The van der Waals surface area contributed by atoms with E-state index in [0.717, 1.165) is 32.2 Å². The predicted molar refractivity (Wildman–Crippen MR) is 72.5 cm³/mol. The summed E-state index contributed by atoms with van der Waals surface area (Å²) in [6.45, 7) is 5.97. The lowest BCUT2D eigenvalue weighted by Gasteiger charge is -2.31. The smallest absolute Gasteiger partial charge is 0.245 e. The molecule has 0 aromatic heterocycles. The summed E-state index contributed by atoms with van der Waals surface area (Å²) in [7, 11) is 0. The van der Waals surface area contributed by atoms with E-state index in [1.807, 2.05) is 9.80 Å². The third-order valence-electron chi connectivity index (χ3n) is 5.09. The molecule has 2 saturated heterocycles. The Bertz CT molecular complexity index is 405. The molecule has 4 nitrogen and oxygen atoms in total. The Balaban J connectivity index is 1.79. The van der Waals surface area contributed by atoms with Gasteiger partial charge in [-0.15, -0.1) is 0 Å². The fourth-order valence-corrected chi connectivity index (χ4v) is 4.01. The van der Waals surface area contributed by atoms with E-state index in [4.69, 9.17) is 0 Å². The van der Waals surface area contributed by atoms with Crippen LogP contribution in [0.4, 0.5) is 0 Å². The van der Waals surface area contributed by atoms with Gasteiger partial charge in [0, 0.05) is 25.6 Å². The summed E-state index contributed by atoms with van der Waals surface area (Å²) in [5.74, 6) is 0.390. The van der Waals surface area contributed by atoms with Gasteiger partial charge in [0.15, 0.2) is 0 Å². The molecule has 0 N–H and O–H groups in total. The lowest BCUT2D eigenvalue weighted by atomic mass is 9.91. The van der Waals surface area contributed by atoms with Crippen molar-refractivity contribution < 1.29 is 9.59 Å². The first-order valence-corrected chi connectivity index (χ1v) is 7.58. The Morgan fingerprint density at radius 3 is 2.58 bits per heavy atom. The quantitative estimate of drug-likeness (QED) is 0.724. The molecule has 0 bridgehead atoms. The standard InChI is InChI=1S/C15H24N2O2/c1-15(2)7-5-11(10-15)16-9-6-13(18)17-8-3-4-12(17)14(16)19/h11-12H,3-10H2,1-2H3. The molecule has 19 heavy (non-hydrogen) atoms. The van der Waals surface area contributed by atoms with E-state index >= 15 is 0 Å². The molecule has 2 atom stereocenters. The molecule has 1 aliphatic carbocycles. The van der Waals surface area contributed by atoms with Gasteiger partial charge in [-0.3, -0.25) is 9.59 Å². The van der Waals surface area contributed by atoms with Crippen molar-refractivity contribution in [2.24, 2.45) is 5.41 Å². The molecule has 106 valence electrons. The maximum Gasteiger partial charge on any atom is 0.245 e. The number of rotatable bonds is 1. The van der Waals surface area contributed by atoms with Crippen LogP contribution in [0.2, 0.25) is 0 Å². The van der Waals surface area contributed by atoms with Gasteiger partial charge in [-0.25, -0.2) is 0 Å². The summed E-state index contributed by atoms with van der Waals surface area (Å²) in [5.41, 5.74) is 0.344. The summed E-state index contributed by atoms with van der Waals surface area (Å²) >= 11 is 0. The molecule has 1 saturated carbocycles. The lowest BCUT2D eigenvalue weighted by molar-refractivity contribution is -0.140. The van der Waals surface area contributed by atoms with Gasteiger partial charge < -0.3 is 9.80 Å². The number of hydrogen-bond acceptors (Lipinski definition) is 2. The maximum absolute atomic E-state index is 12.7. The van der Waals surface area contributed by atoms with Crippen LogP contribution >= 0.6 is 0 Å². The number of amides is 2. The minimum atomic E-state index is -0.154. The first-order chi connectivity index (χ1) is 8.98. The van der Waals surface area contributed by atoms with Gasteiger partial charge in [0.05, 0.1) is 0 Å². The van der Waals surface area contributed by atoms with Crippen molar-refractivity contribution in [3.8, 4) is 0 Å². The minimum Gasteiger partial charge on any atom is -0.337 e. The number of carbonyl (C=O) groups excluding carboxylic acids is 2. The Morgan fingerprint density at radius 1 is 1.11 bits per heavy atom. The molecular formula is C15H24N2O2. The Labute approximate surface area is 115 Å². The highest BCUT2D eigenvalue weighted by atomic mass is 16.2. The van der Waals surface area contributed by atoms with E-state index in [1.54, 1.807) is 0 Å². The van der Waals surface area contributed by atoms with Crippen molar-refractivity contribution in [2.75, 3.05) is 13.1 Å².